The molecule has 0 saturated heterocycles. The molecule has 0 unspecified atom stereocenters. The number of rotatable bonds is 7. The Morgan fingerprint density at radius 2 is 2.10 bits per heavy atom. The first-order valence-corrected chi connectivity index (χ1v) is 6.48. The molecule has 1 N–H and O–H groups in total. The number of hydrogen-bond donors (Lipinski definition) is 1. The highest BCUT2D eigenvalue weighted by Gasteiger charge is 2.06. The molecule has 0 bridgehead atoms. The molecule has 0 amide bonds. The number of benzene rings is 1. The molecule has 1 aromatic rings. The van der Waals surface area contributed by atoms with E-state index in [0.717, 1.165) is 5.56 Å². The maximum atomic E-state index is 10.9. The zero-order valence-corrected chi connectivity index (χ0v) is 12.1. The summed E-state index contributed by atoms with van der Waals surface area (Å²) in [6, 6.07) is 5.60. The van der Waals surface area contributed by atoms with E-state index >= 15 is 0 Å². The van der Waals surface area contributed by atoms with E-state index in [4.69, 9.17) is 14.6 Å². The normalized spacial score (nSPS) is 11.7. The van der Waals surface area contributed by atoms with Crippen LogP contribution in [0.3, 0.4) is 0 Å². The average molecular weight is 276 g/mol. The van der Waals surface area contributed by atoms with Gasteiger partial charge < -0.3 is 14.6 Å². The van der Waals surface area contributed by atoms with Crippen LogP contribution in [-0.4, -0.2) is 24.8 Å². The van der Waals surface area contributed by atoms with Crippen LogP contribution in [0.25, 0.3) is 6.08 Å². The molecule has 20 heavy (non-hydrogen) atoms. The van der Waals surface area contributed by atoms with Crippen molar-refractivity contribution in [3.05, 3.63) is 41.5 Å². The Balaban J connectivity index is 2.80. The van der Waals surface area contributed by atoms with Gasteiger partial charge in [-0.05, 0) is 37.1 Å². The number of ether oxygens (including phenoxy) is 2. The Bertz CT molecular complexity index is 515. The zero-order chi connectivity index (χ0) is 15.0. The minimum atomic E-state index is -0.911. The third kappa shape index (κ3) is 4.46. The first-order chi connectivity index (χ1) is 9.62. The molecule has 1 aromatic carbocycles. The molecule has 1 rings (SSSR count). The number of carboxylic acids is 1. The van der Waals surface area contributed by atoms with Crippen LogP contribution in [0.1, 0.15) is 25.8 Å². The summed E-state index contributed by atoms with van der Waals surface area (Å²) in [6.45, 7) is 3.95. The van der Waals surface area contributed by atoms with Crippen molar-refractivity contribution in [2.45, 2.75) is 20.3 Å². The lowest BCUT2D eigenvalue weighted by Crippen LogP contribution is -2.03. The first-order valence-electron chi connectivity index (χ1n) is 6.48. The SMILES string of the molecule is CC=Cc1ccc(OCC=C(CC)C(=O)O)c(OC)c1. The van der Waals surface area contributed by atoms with Crippen LogP contribution >= 0.6 is 0 Å². The maximum Gasteiger partial charge on any atom is 0.331 e. The molecular formula is C16H20O4. The molecule has 0 fully saturated rings. The van der Waals surface area contributed by atoms with Gasteiger partial charge in [-0.3, -0.25) is 0 Å². The number of carbonyl (C=O) groups is 1. The highest BCUT2D eigenvalue weighted by atomic mass is 16.5. The minimum Gasteiger partial charge on any atom is -0.493 e. The zero-order valence-electron chi connectivity index (χ0n) is 12.1. The van der Waals surface area contributed by atoms with Crippen molar-refractivity contribution in [3.8, 4) is 11.5 Å². The second-order valence-electron chi connectivity index (χ2n) is 4.11. The van der Waals surface area contributed by atoms with E-state index in [2.05, 4.69) is 0 Å². The van der Waals surface area contributed by atoms with E-state index in [1.165, 1.54) is 0 Å². The summed E-state index contributed by atoms with van der Waals surface area (Å²) in [5.41, 5.74) is 1.36. The van der Waals surface area contributed by atoms with Gasteiger partial charge in [0, 0.05) is 5.57 Å². The van der Waals surface area contributed by atoms with Gasteiger partial charge in [0.2, 0.25) is 0 Å². The van der Waals surface area contributed by atoms with Gasteiger partial charge in [-0.15, -0.1) is 0 Å². The fourth-order valence-corrected chi connectivity index (χ4v) is 1.71. The number of hydrogen-bond acceptors (Lipinski definition) is 3. The Labute approximate surface area is 119 Å². The van der Waals surface area contributed by atoms with Gasteiger partial charge in [0.25, 0.3) is 0 Å². The predicted octanol–water partition coefficient (Wildman–Crippen LogP) is 3.53. The molecule has 4 nitrogen and oxygen atoms in total. The second kappa shape index (κ2) is 8.04. The summed E-state index contributed by atoms with van der Waals surface area (Å²) in [5, 5.41) is 8.91. The summed E-state index contributed by atoms with van der Waals surface area (Å²) in [6.07, 6.45) is 5.95. The summed E-state index contributed by atoms with van der Waals surface area (Å²) in [5.74, 6) is 0.312. The molecule has 0 aliphatic rings. The van der Waals surface area contributed by atoms with Crippen LogP contribution in [0.4, 0.5) is 0 Å². The first kappa shape index (κ1) is 15.8. The molecule has 4 heteroatoms. The van der Waals surface area contributed by atoms with Crippen molar-refractivity contribution >= 4 is 12.0 Å². The van der Waals surface area contributed by atoms with Gasteiger partial charge in [0.15, 0.2) is 11.5 Å². The van der Waals surface area contributed by atoms with Gasteiger partial charge in [-0.2, -0.15) is 0 Å². The maximum absolute atomic E-state index is 10.9. The molecule has 0 radical (unpaired) electrons. The quantitative estimate of drug-likeness (QED) is 0.774. The summed E-state index contributed by atoms with van der Waals surface area (Å²) in [7, 11) is 1.58. The van der Waals surface area contributed by atoms with Crippen molar-refractivity contribution in [3.63, 3.8) is 0 Å². The van der Waals surface area contributed by atoms with E-state index in [9.17, 15) is 4.79 Å². The van der Waals surface area contributed by atoms with E-state index < -0.39 is 5.97 Å². The van der Waals surface area contributed by atoms with E-state index in [0.29, 0.717) is 23.5 Å². The Kier molecular flexibility index (Phi) is 6.37. The lowest BCUT2D eigenvalue weighted by molar-refractivity contribution is -0.132. The van der Waals surface area contributed by atoms with Crippen molar-refractivity contribution in [1.82, 2.24) is 0 Å². The summed E-state index contributed by atoms with van der Waals surface area (Å²) >= 11 is 0. The van der Waals surface area contributed by atoms with Crippen LogP contribution in [0.2, 0.25) is 0 Å². The third-order valence-corrected chi connectivity index (χ3v) is 2.77. The Morgan fingerprint density at radius 3 is 2.65 bits per heavy atom. The molecule has 0 saturated carbocycles. The smallest absolute Gasteiger partial charge is 0.331 e. The average Bonchev–Trinajstić information content (AvgIpc) is 2.44. The molecule has 0 aliphatic heterocycles. The van der Waals surface area contributed by atoms with Crippen LogP contribution in [-0.2, 0) is 4.79 Å². The second-order valence-corrected chi connectivity index (χ2v) is 4.11. The van der Waals surface area contributed by atoms with Crippen LogP contribution in [0.15, 0.2) is 35.9 Å². The summed E-state index contributed by atoms with van der Waals surface area (Å²) in [4.78, 5) is 10.9. The predicted molar refractivity (Wildman–Crippen MR) is 79.2 cm³/mol. The Hall–Kier alpha value is -2.23. The lowest BCUT2D eigenvalue weighted by atomic mass is 10.2. The van der Waals surface area contributed by atoms with E-state index in [-0.39, 0.29) is 6.61 Å². The van der Waals surface area contributed by atoms with Crippen LogP contribution in [0, 0.1) is 0 Å². The molecule has 108 valence electrons. The largest absolute Gasteiger partial charge is 0.493 e. The number of carboxylic acid groups (broad SMARTS) is 1. The molecular weight excluding hydrogens is 256 g/mol. The number of allylic oxidation sites excluding steroid dienone is 1. The van der Waals surface area contributed by atoms with Crippen molar-refractivity contribution in [1.29, 1.82) is 0 Å². The topological polar surface area (TPSA) is 55.8 Å². The third-order valence-electron chi connectivity index (χ3n) is 2.77. The molecule has 0 aromatic heterocycles. The number of aliphatic carboxylic acids is 1. The molecule has 0 heterocycles. The van der Waals surface area contributed by atoms with E-state index in [1.807, 2.05) is 37.3 Å². The highest BCUT2D eigenvalue weighted by molar-refractivity contribution is 5.86. The van der Waals surface area contributed by atoms with E-state index in [1.54, 1.807) is 20.1 Å². The molecule has 0 aliphatic carbocycles. The lowest BCUT2D eigenvalue weighted by Gasteiger charge is -2.10. The standard InChI is InChI=1S/C16H20O4/c1-4-6-12-7-8-14(15(11-12)19-3)20-10-9-13(5-2)16(17)18/h4,6-9,11H,5,10H2,1-3H3,(H,17,18). The molecule has 0 atom stereocenters. The Morgan fingerprint density at radius 1 is 1.35 bits per heavy atom. The summed E-state index contributed by atoms with van der Waals surface area (Å²) < 4.78 is 10.8. The monoisotopic (exact) mass is 276 g/mol. The molecule has 0 spiro atoms. The van der Waals surface area contributed by atoms with Gasteiger partial charge >= 0.3 is 5.97 Å². The van der Waals surface area contributed by atoms with Gasteiger partial charge in [-0.1, -0.05) is 25.1 Å². The van der Waals surface area contributed by atoms with Crippen LogP contribution < -0.4 is 9.47 Å². The van der Waals surface area contributed by atoms with Gasteiger partial charge in [-0.25, -0.2) is 4.79 Å². The highest BCUT2D eigenvalue weighted by Crippen LogP contribution is 2.28. The number of methoxy groups -OCH3 is 1. The minimum absolute atomic E-state index is 0.203. The van der Waals surface area contributed by atoms with Crippen molar-refractivity contribution in [2.75, 3.05) is 13.7 Å². The van der Waals surface area contributed by atoms with Crippen LogP contribution in [0.5, 0.6) is 11.5 Å². The fourth-order valence-electron chi connectivity index (χ4n) is 1.71. The van der Waals surface area contributed by atoms with Gasteiger partial charge in [0.1, 0.15) is 6.61 Å². The fraction of sp³-hybridized carbons (Fsp3) is 0.312. The van der Waals surface area contributed by atoms with Gasteiger partial charge in [0.05, 0.1) is 7.11 Å². The van der Waals surface area contributed by atoms with Crippen molar-refractivity contribution < 1.29 is 19.4 Å². The van der Waals surface area contributed by atoms with Crippen molar-refractivity contribution in [2.24, 2.45) is 0 Å².